The van der Waals surface area contributed by atoms with Gasteiger partial charge in [0.25, 0.3) is 0 Å². The van der Waals surface area contributed by atoms with Gasteiger partial charge in [0.1, 0.15) is 0 Å². The Bertz CT molecular complexity index is 691. The largest absolute Gasteiger partial charge is 0.478 e. The Morgan fingerprint density at radius 3 is 2.67 bits per heavy atom. The summed E-state index contributed by atoms with van der Waals surface area (Å²) in [5.41, 5.74) is 0.545. The molecule has 0 bridgehead atoms. The molecule has 0 spiro atoms. The number of halogens is 3. The third kappa shape index (κ3) is 3.31. The van der Waals surface area contributed by atoms with Crippen LogP contribution in [-0.4, -0.2) is 11.1 Å². The van der Waals surface area contributed by atoms with Crippen LogP contribution < -0.4 is 5.32 Å². The van der Waals surface area contributed by atoms with Gasteiger partial charge in [-0.2, -0.15) is 0 Å². The normalized spacial score (nSPS) is 12.0. The van der Waals surface area contributed by atoms with E-state index in [1.807, 2.05) is 0 Å². The predicted octanol–water partition coefficient (Wildman–Crippen LogP) is 4.49. The Morgan fingerprint density at radius 1 is 1.29 bits per heavy atom. The highest BCUT2D eigenvalue weighted by atomic mass is 35.5. The minimum absolute atomic E-state index is 0.0615. The van der Waals surface area contributed by atoms with Crippen LogP contribution in [0, 0.1) is 11.6 Å². The lowest BCUT2D eigenvalue weighted by molar-refractivity contribution is 0.0697. The molecule has 6 heteroatoms. The van der Waals surface area contributed by atoms with Gasteiger partial charge >= 0.3 is 5.97 Å². The van der Waals surface area contributed by atoms with Crippen molar-refractivity contribution in [2.24, 2.45) is 0 Å². The number of hydrogen-bond donors (Lipinski definition) is 2. The minimum atomic E-state index is -1.16. The van der Waals surface area contributed by atoms with Gasteiger partial charge in [-0.25, -0.2) is 13.6 Å². The van der Waals surface area contributed by atoms with Gasteiger partial charge in [-0.3, -0.25) is 0 Å². The molecule has 2 N–H and O–H groups in total. The van der Waals surface area contributed by atoms with Crippen LogP contribution in [0.25, 0.3) is 0 Å². The molecule has 3 nitrogen and oxygen atoms in total. The van der Waals surface area contributed by atoms with Gasteiger partial charge in [0.05, 0.1) is 16.6 Å². The van der Waals surface area contributed by atoms with Crippen LogP contribution in [0.15, 0.2) is 36.4 Å². The maximum Gasteiger partial charge on any atom is 0.337 e. The molecular formula is C15H12ClF2NO2. The van der Waals surface area contributed by atoms with Gasteiger partial charge in [-0.1, -0.05) is 23.7 Å². The fraction of sp³-hybridized carbons (Fsp3) is 0.133. The van der Waals surface area contributed by atoms with Crippen LogP contribution in [0.2, 0.25) is 5.02 Å². The lowest BCUT2D eigenvalue weighted by Crippen LogP contribution is -2.10. The van der Waals surface area contributed by atoms with Gasteiger partial charge in [0.15, 0.2) is 11.6 Å². The van der Waals surface area contributed by atoms with E-state index in [2.05, 4.69) is 5.32 Å². The molecule has 21 heavy (non-hydrogen) atoms. The third-order valence-corrected chi connectivity index (χ3v) is 3.36. The Kier molecular flexibility index (Phi) is 4.43. The van der Waals surface area contributed by atoms with E-state index in [0.717, 1.165) is 6.07 Å². The fourth-order valence-electron chi connectivity index (χ4n) is 1.96. The number of anilines is 1. The topological polar surface area (TPSA) is 49.3 Å². The van der Waals surface area contributed by atoms with Crippen molar-refractivity contribution in [3.05, 3.63) is 64.2 Å². The summed E-state index contributed by atoms with van der Waals surface area (Å²) >= 11 is 5.77. The molecule has 0 fully saturated rings. The minimum Gasteiger partial charge on any atom is -0.478 e. The van der Waals surface area contributed by atoms with Crippen LogP contribution in [0.3, 0.4) is 0 Å². The summed E-state index contributed by atoms with van der Waals surface area (Å²) in [5.74, 6) is -3.01. The third-order valence-electron chi connectivity index (χ3n) is 3.03. The SMILES string of the molecule is CC(Nc1ccc(Cl)c(C(=O)O)c1)c1cccc(F)c1F. The molecule has 0 saturated heterocycles. The quantitative estimate of drug-likeness (QED) is 0.874. The Morgan fingerprint density at radius 2 is 2.00 bits per heavy atom. The molecule has 0 heterocycles. The summed E-state index contributed by atoms with van der Waals surface area (Å²) in [6, 6.07) is 7.73. The van der Waals surface area contributed by atoms with Gasteiger partial charge in [0, 0.05) is 11.3 Å². The van der Waals surface area contributed by atoms with Crippen molar-refractivity contribution in [1.82, 2.24) is 0 Å². The molecule has 0 aliphatic carbocycles. The Balaban J connectivity index is 2.27. The van der Waals surface area contributed by atoms with Gasteiger partial charge in [-0.05, 0) is 31.2 Å². The summed E-state index contributed by atoms with van der Waals surface area (Å²) in [7, 11) is 0. The number of aromatic carboxylic acids is 1. The second-order valence-electron chi connectivity index (χ2n) is 4.51. The first kappa shape index (κ1) is 15.3. The maximum atomic E-state index is 13.7. The van der Waals surface area contributed by atoms with E-state index in [0.29, 0.717) is 5.69 Å². The van der Waals surface area contributed by atoms with Crippen LogP contribution in [0.5, 0.6) is 0 Å². The lowest BCUT2D eigenvalue weighted by Gasteiger charge is -2.17. The first-order chi connectivity index (χ1) is 9.90. The van der Waals surface area contributed by atoms with E-state index in [1.165, 1.54) is 24.3 Å². The fourth-order valence-corrected chi connectivity index (χ4v) is 2.16. The standard InChI is InChI=1S/C15H12ClF2NO2/c1-8(10-3-2-4-13(17)14(10)18)19-9-5-6-12(16)11(7-9)15(20)21/h2-8,19H,1H3,(H,20,21). The van der Waals surface area contributed by atoms with Crippen molar-refractivity contribution in [1.29, 1.82) is 0 Å². The molecule has 0 aliphatic rings. The van der Waals surface area contributed by atoms with Crippen LogP contribution >= 0.6 is 11.6 Å². The number of benzene rings is 2. The average Bonchev–Trinajstić information content (AvgIpc) is 2.43. The molecule has 0 amide bonds. The smallest absolute Gasteiger partial charge is 0.337 e. The Hall–Kier alpha value is -2.14. The second kappa shape index (κ2) is 6.10. The van der Waals surface area contributed by atoms with E-state index in [4.69, 9.17) is 16.7 Å². The van der Waals surface area contributed by atoms with Crippen molar-refractivity contribution < 1.29 is 18.7 Å². The highest BCUT2D eigenvalue weighted by Gasteiger charge is 2.15. The van der Waals surface area contributed by atoms with Gasteiger partial charge in [0.2, 0.25) is 0 Å². The van der Waals surface area contributed by atoms with Crippen LogP contribution in [0.4, 0.5) is 14.5 Å². The molecule has 1 atom stereocenters. The molecule has 110 valence electrons. The zero-order valence-electron chi connectivity index (χ0n) is 11.0. The van der Waals surface area contributed by atoms with Crippen LogP contribution in [0.1, 0.15) is 28.9 Å². The molecule has 0 aliphatic heterocycles. The molecule has 2 aromatic carbocycles. The van der Waals surface area contributed by atoms with Crippen molar-refractivity contribution in [3.63, 3.8) is 0 Å². The number of nitrogens with one attached hydrogen (secondary N) is 1. The highest BCUT2D eigenvalue weighted by molar-refractivity contribution is 6.33. The number of rotatable bonds is 4. The number of hydrogen-bond acceptors (Lipinski definition) is 2. The van der Waals surface area contributed by atoms with Gasteiger partial charge < -0.3 is 10.4 Å². The average molecular weight is 312 g/mol. The zero-order chi connectivity index (χ0) is 15.6. The summed E-state index contributed by atoms with van der Waals surface area (Å²) < 4.78 is 26.9. The molecular weight excluding hydrogens is 300 g/mol. The monoisotopic (exact) mass is 311 g/mol. The van der Waals surface area contributed by atoms with E-state index in [-0.39, 0.29) is 16.1 Å². The number of carboxylic acids is 1. The van der Waals surface area contributed by atoms with E-state index >= 15 is 0 Å². The number of carbonyl (C=O) groups is 1. The van der Waals surface area contributed by atoms with Crippen LogP contribution in [-0.2, 0) is 0 Å². The summed E-state index contributed by atoms with van der Waals surface area (Å²) in [4.78, 5) is 11.0. The van der Waals surface area contributed by atoms with Crippen molar-refractivity contribution in [3.8, 4) is 0 Å². The van der Waals surface area contributed by atoms with E-state index in [9.17, 15) is 13.6 Å². The molecule has 2 aromatic rings. The first-order valence-electron chi connectivity index (χ1n) is 6.13. The van der Waals surface area contributed by atoms with Crippen molar-refractivity contribution >= 4 is 23.3 Å². The highest BCUT2D eigenvalue weighted by Crippen LogP contribution is 2.26. The lowest BCUT2D eigenvalue weighted by atomic mass is 10.1. The number of carboxylic acid groups (broad SMARTS) is 1. The first-order valence-corrected chi connectivity index (χ1v) is 6.51. The van der Waals surface area contributed by atoms with Crippen molar-refractivity contribution in [2.45, 2.75) is 13.0 Å². The summed E-state index contributed by atoms with van der Waals surface area (Å²) in [5, 5.41) is 12.0. The molecule has 1 unspecified atom stereocenters. The van der Waals surface area contributed by atoms with Crippen molar-refractivity contribution in [2.75, 3.05) is 5.32 Å². The summed E-state index contributed by atoms with van der Waals surface area (Å²) in [6.45, 7) is 1.65. The summed E-state index contributed by atoms with van der Waals surface area (Å²) in [6.07, 6.45) is 0. The molecule has 0 saturated carbocycles. The van der Waals surface area contributed by atoms with Gasteiger partial charge in [-0.15, -0.1) is 0 Å². The zero-order valence-corrected chi connectivity index (χ0v) is 11.8. The maximum absolute atomic E-state index is 13.7. The second-order valence-corrected chi connectivity index (χ2v) is 4.92. The molecule has 0 aromatic heterocycles. The molecule has 2 rings (SSSR count). The predicted molar refractivity (Wildman–Crippen MR) is 76.8 cm³/mol. The van der Waals surface area contributed by atoms with E-state index < -0.39 is 23.6 Å². The Labute approximate surface area is 125 Å². The molecule has 0 radical (unpaired) electrons. The van der Waals surface area contributed by atoms with E-state index in [1.54, 1.807) is 13.0 Å².